The summed E-state index contributed by atoms with van der Waals surface area (Å²) < 4.78 is 14.0. The minimum absolute atomic E-state index is 0.264. The van der Waals surface area contributed by atoms with Gasteiger partial charge in [0.1, 0.15) is 11.9 Å². The molecule has 108 valence electrons. The van der Waals surface area contributed by atoms with Gasteiger partial charge in [0, 0.05) is 13.1 Å². The van der Waals surface area contributed by atoms with Gasteiger partial charge >= 0.3 is 5.97 Å². The van der Waals surface area contributed by atoms with E-state index in [1.807, 2.05) is 11.0 Å². The second-order valence-electron chi connectivity index (χ2n) is 5.78. The van der Waals surface area contributed by atoms with Gasteiger partial charge in [0.05, 0.1) is 4.47 Å². The lowest BCUT2D eigenvalue weighted by Crippen LogP contribution is -2.39. The third kappa shape index (κ3) is 2.37. The molecule has 0 amide bonds. The second-order valence-corrected chi connectivity index (χ2v) is 6.57. The van der Waals surface area contributed by atoms with Gasteiger partial charge in [-0.25, -0.2) is 4.39 Å². The van der Waals surface area contributed by atoms with Crippen molar-refractivity contribution in [3.05, 3.63) is 34.1 Å². The molecular weight excluding hydrogens is 325 g/mol. The number of likely N-dealkylation sites (tertiary alicyclic amines) is 1. The fourth-order valence-electron chi connectivity index (χ4n) is 3.79. The van der Waals surface area contributed by atoms with Gasteiger partial charge in [-0.1, -0.05) is 18.6 Å². The molecule has 5 heteroatoms. The van der Waals surface area contributed by atoms with Crippen LogP contribution in [-0.4, -0.2) is 28.6 Å². The number of rotatable bonds is 3. The number of nitrogens with zero attached hydrogens (tertiary/aromatic N) is 1. The van der Waals surface area contributed by atoms with Crippen molar-refractivity contribution in [3.63, 3.8) is 0 Å². The van der Waals surface area contributed by atoms with Gasteiger partial charge in [-0.15, -0.1) is 0 Å². The molecule has 1 N–H and O–H groups in total. The Balaban J connectivity index is 1.83. The third-order valence-electron chi connectivity index (χ3n) is 4.64. The number of carboxylic acids is 1. The highest BCUT2D eigenvalue weighted by Crippen LogP contribution is 2.43. The van der Waals surface area contributed by atoms with Crippen LogP contribution < -0.4 is 0 Å². The van der Waals surface area contributed by atoms with Crippen LogP contribution in [0.15, 0.2) is 22.7 Å². The highest BCUT2D eigenvalue weighted by atomic mass is 79.9. The van der Waals surface area contributed by atoms with Gasteiger partial charge < -0.3 is 5.11 Å². The quantitative estimate of drug-likeness (QED) is 0.917. The number of hydrogen-bond acceptors (Lipinski definition) is 2. The predicted octanol–water partition coefficient (Wildman–Crippen LogP) is 3.27. The summed E-state index contributed by atoms with van der Waals surface area (Å²) in [6.45, 7) is 1.30. The smallest absolute Gasteiger partial charge is 0.321 e. The van der Waals surface area contributed by atoms with Crippen molar-refractivity contribution in [1.29, 1.82) is 0 Å². The maximum absolute atomic E-state index is 13.6. The fourth-order valence-corrected chi connectivity index (χ4v) is 4.17. The number of aliphatic carboxylic acids is 1. The topological polar surface area (TPSA) is 40.5 Å². The Morgan fingerprint density at radius 3 is 3.00 bits per heavy atom. The molecule has 1 aliphatic carbocycles. The molecule has 1 saturated heterocycles. The lowest BCUT2D eigenvalue weighted by molar-refractivity contribution is -0.143. The summed E-state index contributed by atoms with van der Waals surface area (Å²) in [5.41, 5.74) is 0.816. The summed E-state index contributed by atoms with van der Waals surface area (Å²) in [5, 5.41) is 9.51. The van der Waals surface area contributed by atoms with E-state index in [0.717, 1.165) is 31.4 Å². The first-order valence-corrected chi connectivity index (χ1v) is 7.77. The zero-order valence-electron chi connectivity index (χ0n) is 11.1. The van der Waals surface area contributed by atoms with Crippen molar-refractivity contribution < 1.29 is 14.3 Å². The van der Waals surface area contributed by atoms with E-state index < -0.39 is 12.0 Å². The Hall–Kier alpha value is -0.940. The lowest BCUT2D eigenvalue weighted by atomic mass is 9.94. The first kappa shape index (κ1) is 14.0. The average Bonchev–Trinajstić information content (AvgIpc) is 2.94. The minimum atomic E-state index is -0.744. The summed E-state index contributed by atoms with van der Waals surface area (Å²) in [7, 11) is 0. The van der Waals surface area contributed by atoms with E-state index in [9.17, 15) is 14.3 Å². The third-order valence-corrected chi connectivity index (χ3v) is 5.53. The van der Waals surface area contributed by atoms with Crippen LogP contribution in [0.1, 0.15) is 24.8 Å². The molecule has 1 aromatic carbocycles. The molecule has 0 radical (unpaired) electrons. The van der Waals surface area contributed by atoms with Crippen LogP contribution in [0.2, 0.25) is 0 Å². The summed E-state index contributed by atoms with van der Waals surface area (Å²) in [5.74, 6) is -0.288. The van der Waals surface area contributed by atoms with E-state index in [2.05, 4.69) is 15.9 Å². The Labute approximate surface area is 125 Å². The molecule has 20 heavy (non-hydrogen) atoms. The van der Waals surface area contributed by atoms with E-state index >= 15 is 0 Å². The van der Waals surface area contributed by atoms with Crippen LogP contribution in [0.4, 0.5) is 4.39 Å². The Bertz CT molecular complexity index is 537. The zero-order valence-corrected chi connectivity index (χ0v) is 12.6. The average molecular weight is 342 g/mol. The van der Waals surface area contributed by atoms with Crippen molar-refractivity contribution in [2.24, 2.45) is 11.8 Å². The van der Waals surface area contributed by atoms with Crippen molar-refractivity contribution in [2.45, 2.75) is 31.8 Å². The molecule has 0 spiro atoms. The molecule has 3 unspecified atom stereocenters. The predicted molar refractivity (Wildman–Crippen MR) is 76.8 cm³/mol. The largest absolute Gasteiger partial charge is 0.480 e. The van der Waals surface area contributed by atoms with E-state index in [-0.39, 0.29) is 11.7 Å². The molecule has 1 aromatic rings. The summed E-state index contributed by atoms with van der Waals surface area (Å²) >= 11 is 3.26. The molecule has 1 aliphatic heterocycles. The van der Waals surface area contributed by atoms with Gasteiger partial charge in [-0.3, -0.25) is 9.69 Å². The zero-order chi connectivity index (χ0) is 14.3. The van der Waals surface area contributed by atoms with Gasteiger partial charge in [0.2, 0.25) is 0 Å². The molecule has 0 bridgehead atoms. The molecule has 0 aromatic heterocycles. The van der Waals surface area contributed by atoms with E-state index in [1.165, 1.54) is 6.07 Å². The van der Waals surface area contributed by atoms with Crippen LogP contribution >= 0.6 is 15.9 Å². The molecule has 2 aliphatic rings. The molecule has 3 nitrogen and oxygen atoms in total. The van der Waals surface area contributed by atoms with Crippen molar-refractivity contribution in [1.82, 2.24) is 4.90 Å². The molecule has 1 saturated carbocycles. The molecule has 3 atom stereocenters. The van der Waals surface area contributed by atoms with Crippen LogP contribution in [0.3, 0.4) is 0 Å². The van der Waals surface area contributed by atoms with Gasteiger partial charge in [-0.05, 0) is 52.2 Å². The Morgan fingerprint density at radius 1 is 1.45 bits per heavy atom. The van der Waals surface area contributed by atoms with Crippen LogP contribution in [0.25, 0.3) is 0 Å². The number of halogens is 2. The van der Waals surface area contributed by atoms with Crippen molar-refractivity contribution >= 4 is 21.9 Å². The van der Waals surface area contributed by atoms with E-state index in [1.54, 1.807) is 6.07 Å². The van der Waals surface area contributed by atoms with Gasteiger partial charge in [-0.2, -0.15) is 0 Å². The maximum Gasteiger partial charge on any atom is 0.321 e. The molecule has 3 rings (SSSR count). The van der Waals surface area contributed by atoms with Gasteiger partial charge in [0.15, 0.2) is 0 Å². The second kappa shape index (κ2) is 5.45. The standard InChI is InChI=1S/C15H17BrFNO2/c16-13-10(4-2-6-12(13)17)8-18-7-9-3-1-5-11(9)14(18)15(19)20/h2,4,6,9,11,14H,1,3,5,7-8H2,(H,19,20). The van der Waals surface area contributed by atoms with E-state index in [0.29, 0.717) is 16.9 Å². The minimum Gasteiger partial charge on any atom is -0.480 e. The highest BCUT2D eigenvalue weighted by Gasteiger charge is 2.47. The molecule has 2 fully saturated rings. The Kier molecular flexibility index (Phi) is 3.82. The SMILES string of the molecule is O=C(O)C1C2CCCC2CN1Cc1cccc(F)c1Br. The number of carbonyl (C=O) groups is 1. The number of hydrogen-bond donors (Lipinski definition) is 1. The van der Waals surface area contributed by atoms with Gasteiger partial charge in [0.25, 0.3) is 0 Å². The first-order chi connectivity index (χ1) is 9.58. The Morgan fingerprint density at radius 2 is 2.25 bits per heavy atom. The highest BCUT2D eigenvalue weighted by molar-refractivity contribution is 9.10. The summed E-state index contributed by atoms with van der Waals surface area (Å²) in [4.78, 5) is 13.6. The number of benzene rings is 1. The maximum atomic E-state index is 13.6. The summed E-state index contributed by atoms with van der Waals surface area (Å²) in [6.07, 6.45) is 3.26. The van der Waals surface area contributed by atoms with Crippen LogP contribution in [0, 0.1) is 17.7 Å². The molecule has 1 heterocycles. The van der Waals surface area contributed by atoms with Crippen LogP contribution in [-0.2, 0) is 11.3 Å². The van der Waals surface area contributed by atoms with E-state index in [4.69, 9.17) is 0 Å². The monoisotopic (exact) mass is 341 g/mol. The molecular formula is C15H17BrFNO2. The summed E-state index contributed by atoms with van der Waals surface area (Å²) in [6, 6.07) is 4.50. The number of carboxylic acid groups (broad SMARTS) is 1. The first-order valence-electron chi connectivity index (χ1n) is 6.97. The number of fused-ring (bicyclic) bond motifs is 1. The fraction of sp³-hybridized carbons (Fsp3) is 0.533. The lowest BCUT2D eigenvalue weighted by Gasteiger charge is -2.24. The normalized spacial score (nSPS) is 29.6. The van der Waals surface area contributed by atoms with Crippen molar-refractivity contribution in [2.75, 3.05) is 6.54 Å². The van der Waals surface area contributed by atoms with Crippen molar-refractivity contribution in [3.8, 4) is 0 Å². The van der Waals surface area contributed by atoms with Crippen LogP contribution in [0.5, 0.6) is 0 Å².